The highest BCUT2D eigenvalue weighted by Gasteiger charge is 2.40. The zero-order valence-corrected chi connectivity index (χ0v) is 12.0. The van der Waals surface area contributed by atoms with Gasteiger partial charge in [-0.1, -0.05) is 19.1 Å². The highest BCUT2D eigenvalue weighted by molar-refractivity contribution is 5.40. The first-order valence-electron chi connectivity index (χ1n) is 7.00. The predicted octanol–water partition coefficient (Wildman–Crippen LogP) is 2.82. The van der Waals surface area contributed by atoms with E-state index in [1.54, 1.807) is 0 Å². The molecule has 0 aromatic heterocycles. The van der Waals surface area contributed by atoms with Crippen molar-refractivity contribution in [2.45, 2.75) is 46.1 Å². The predicted molar refractivity (Wildman–Crippen MR) is 75.8 cm³/mol. The van der Waals surface area contributed by atoms with E-state index in [-0.39, 0.29) is 0 Å². The number of benzene rings is 1. The smallest absolute Gasteiger partial charge is 0.0951 e. The molecule has 100 valence electrons. The first-order valence-corrected chi connectivity index (χ1v) is 7.00. The van der Waals surface area contributed by atoms with Crippen molar-refractivity contribution in [2.75, 3.05) is 13.1 Å². The molecule has 1 aromatic carbocycles. The molecule has 1 fully saturated rings. The Bertz CT molecular complexity index is 441. The maximum Gasteiger partial charge on any atom is 0.0951 e. The van der Waals surface area contributed by atoms with Crippen molar-refractivity contribution in [3.05, 3.63) is 34.4 Å². The first-order chi connectivity index (χ1) is 8.49. The van der Waals surface area contributed by atoms with E-state index in [0.717, 1.165) is 31.5 Å². The van der Waals surface area contributed by atoms with Gasteiger partial charge in [0, 0.05) is 12.5 Å². The Labute approximate surface area is 110 Å². The lowest BCUT2D eigenvalue weighted by Gasteiger charge is -2.41. The second-order valence-corrected chi connectivity index (χ2v) is 5.73. The molecule has 2 atom stereocenters. The molecule has 1 heterocycles. The molecule has 1 aliphatic rings. The Morgan fingerprint density at radius 2 is 1.89 bits per heavy atom. The highest BCUT2D eigenvalue weighted by Crippen LogP contribution is 2.39. The average molecular weight is 247 g/mol. The molecule has 2 heteroatoms. The van der Waals surface area contributed by atoms with E-state index >= 15 is 0 Å². The fourth-order valence-electron chi connectivity index (χ4n) is 3.19. The maximum absolute atomic E-state index is 11.2. The van der Waals surface area contributed by atoms with Crippen molar-refractivity contribution >= 4 is 0 Å². The molecular weight excluding hydrogens is 222 g/mol. The molecular formula is C16H25NO. The van der Waals surface area contributed by atoms with E-state index in [1.807, 2.05) is 0 Å². The second-order valence-electron chi connectivity index (χ2n) is 5.73. The van der Waals surface area contributed by atoms with Crippen LogP contribution >= 0.6 is 0 Å². The van der Waals surface area contributed by atoms with Gasteiger partial charge in [0.05, 0.1) is 5.60 Å². The number of aliphatic hydroxyl groups is 1. The number of hydrogen-bond acceptors (Lipinski definition) is 2. The fraction of sp³-hybridized carbons (Fsp3) is 0.625. The molecule has 0 saturated carbocycles. The van der Waals surface area contributed by atoms with Gasteiger partial charge in [-0.05, 0) is 62.4 Å². The van der Waals surface area contributed by atoms with Gasteiger partial charge in [-0.15, -0.1) is 0 Å². The summed E-state index contributed by atoms with van der Waals surface area (Å²) in [5, 5.41) is 14.6. The van der Waals surface area contributed by atoms with Crippen LogP contribution in [0, 0.1) is 26.7 Å². The number of rotatable bonds is 2. The molecule has 0 aliphatic carbocycles. The van der Waals surface area contributed by atoms with Gasteiger partial charge in [0.2, 0.25) is 0 Å². The Morgan fingerprint density at radius 3 is 2.56 bits per heavy atom. The van der Waals surface area contributed by atoms with Crippen LogP contribution in [-0.4, -0.2) is 18.2 Å². The van der Waals surface area contributed by atoms with Crippen molar-refractivity contribution in [2.24, 2.45) is 5.92 Å². The van der Waals surface area contributed by atoms with Crippen LogP contribution in [0.1, 0.15) is 42.0 Å². The van der Waals surface area contributed by atoms with E-state index in [0.29, 0.717) is 5.92 Å². The molecule has 18 heavy (non-hydrogen) atoms. The molecule has 0 bridgehead atoms. The van der Waals surface area contributed by atoms with Crippen LogP contribution in [0.5, 0.6) is 0 Å². The van der Waals surface area contributed by atoms with E-state index < -0.39 is 5.60 Å². The zero-order chi connectivity index (χ0) is 13.3. The maximum atomic E-state index is 11.2. The van der Waals surface area contributed by atoms with Crippen LogP contribution in [0.4, 0.5) is 0 Å². The molecule has 0 spiro atoms. The third-order valence-corrected chi connectivity index (χ3v) is 4.55. The van der Waals surface area contributed by atoms with E-state index in [1.165, 1.54) is 16.7 Å². The summed E-state index contributed by atoms with van der Waals surface area (Å²) in [6, 6.07) is 4.40. The molecule has 2 rings (SSSR count). The standard InChI is InChI=1S/C16H25NO/c1-5-14-10-17-7-6-16(14,18)15-9-12(3)11(2)8-13(15)4/h8-9,14,17-18H,5-7,10H2,1-4H3. The van der Waals surface area contributed by atoms with E-state index in [4.69, 9.17) is 0 Å². The summed E-state index contributed by atoms with van der Waals surface area (Å²) < 4.78 is 0. The molecule has 2 unspecified atom stereocenters. The largest absolute Gasteiger partial charge is 0.385 e. The molecule has 2 N–H and O–H groups in total. The normalized spacial score (nSPS) is 28.4. The van der Waals surface area contributed by atoms with Gasteiger partial charge in [0.15, 0.2) is 0 Å². The quantitative estimate of drug-likeness (QED) is 0.842. The highest BCUT2D eigenvalue weighted by atomic mass is 16.3. The van der Waals surface area contributed by atoms with Crippen LogP contribution in [0.25, 0.3) is 0 Å². The van der Waals surface area contributed by atoms with Crippen molar-refractivity contribution in [3.8, 4) is 0 Å². The lowest BCUT2D eigenvalue weighted by Crippen LogP contribution is -2.48. The van der Waals surface area contributed by atoms with Crippen LogP contribution in [0.3, 0.4) is 0 Å². The lowest BCUT2D eigenvalue weighted by molar-refractivity contribution is -0.0483. The molecule has 0 radical (unpaired) electrons. The minimum absolute atomic E-state index is 0.312. The minimum Gasteiger partial charge on any atom is -0.385 e. The summed E-state index contributed by atoms with van der Waals surface area (Å²) in [7, 11) is 0. The number of aryl methyl sites for hydroxylation is 3. The lowest BCUT2D eigenvalue weighted by atomic mass is 9.73. The van der Waals surface area contributed by atoms with Crippen molar-refractivity contribution in [1.82, 2.24) is 5.32 Å². The van der Waals surface area contributed by atoms with E-state index in [9.17, 15) is 5.11 Å². The first kappa shape index (κ1) is 13.6. The Kier molecular flexibility index (Phi) is 3.79. The van der Waals surface area contributed by atoms with Gasteiger partial charge in [-0.3, -0.25) is 0 Å². The second kappa shape index (κ2) is 5.02. The zero-order valence-electron chi connectivity index (χ0n) is 12.0. The van der Waals surface area contributed by atoms with Crippen LogP contribution in [0.2, 0.25) is 0 Å². The van der Waals surface area contributed by atoms with Crippen molar-refractivity contribution in [1.29, 1.82) is 0 Å². The van der Waals surface area contributed by atoms with Crippen LogP contribution in [0.15, 0.2) is 12.1 Å². The minimum atomic E-state index is -0.650. The third kappa shape index (κ3) is 2.19. The summed E-state index contributed by atoms with van der Waals surface area (Å²) >= 11 is 0. The number of hydrogen-bond donors (Lipinski definition) is 2. The molecule has 0 amide bonds. The van der Waals surface area contributed by atoms with Crippen molar-refractivity contribution < 1.29 is 5.11 Å². The van der Waals surface area contributed by atoms with Gasteiger partial charge < -0.3 is 10.4 Å². The molecule has 1 aliphatic heterocycles. The fourth-order valence-corrected chi connectivity index (χ4v) is 3.19. The SMILES string of the molecule is CCC1CNCCC1(O)c1cc(C)c(C)cc1C. The van der Waals surface area contributed by atoms with Gasteiger partial charge in [-0.2, -0.15) is 0 Å². The van der Waals surface area contributed by atoms with Gasteiger partial charge in [0.1, 0.15) is 0 Å². The Balaban J connectivity index is 2.48. The summed E-state index contributed by atoms with van der Waals surface area (Å²) in [6.45, 7) is 10.4. The number of piperidine rings is 1. The summed E-state index contributed by atoms with van der Waals surface area (Å²) in [5.74, 6) is 0.312. The molecule has 2 nitrogen and oxygen atoms in total. The molecule has 1 aromatic rings. The Morgan fingerprint density at radius 1 is 1.22 bits per heavy atom. The van der Waals surface area contributed by atoms with Gasteiger partial charge in [-0.25, -0.2) is 0 Å². The van der Waals surface area contributed by atoms with Gasteiger partial charge >= 0.3 is 0 Å². The Hall–Kier alpha value is -0.860. The van der Waals surface area contributed by atoms with Crippen LogP contribution in [-0.2, 0) is 5.60 Å². The van der Waals surface area contributed by atoms with Gasteiger partial charge in [0.25, 0.3) is 0 Å². The topological polar surface area (TPSA) is 32.3 Å². The summed E-state index contributed by atoms with van der Waals surface area (Å²) in [5.41, 5.74) is 4.29. The third-order valence-electron chi connectivity index (χ3n) is 4.55. The van der Waals surface area contributed by atoms with E-state index in [2.05, 4.69) is 45.1 Å². The average Bonchev–Trinajstić information content (AvgIpc) is 2.34. The summed E-state index contributed by atoms with van der Waals surface area (Å²) in [4.78, 5) is 0. The summed E-state index contributed by atoms with van der Waals surface area (Å²) in [6.07, 6.45) is 1.82. The molecule has 1 saturated heterocycles. The monoisotopic (exact) mass is 247 g/mol. The van der Waals surface area contributed by atoms with Crippen LogP contribution < -0.4 is 5.32 Å². The number of nitrogens with one attached hydrogen (secondary N) is 1. The van der Waals surface area contributed by atoms with Crippen molar-refractivity contribution in [3.63, 3.8) is 0 Å².